The molecule has 1 heterocycles. The van der Waals surface area contributed by atoms with Crippen molar-refractivity contribution < 1.29 is 13.9 Å². The van der Waals surface area contributed by atoms with E-state index < -0.39 is 11.1 Å². The molecule has 1 amide bonds. The number of thioether (sulfide) groups is 1. The minimum absolute atomic E-state index is 0.0148. The summed E-state index contributed by atoms with van der Waals surface area (Å²) < 4.78 is 20.4. The van der Waals surface area contributed by atoms with Crippen LogP contribution in [0.25, 0.3) is 0 Å². The molecule has 9 heteroatoms. The molecule has 0 radical (unpaired) electrons. The average molecular weight is 442 g/mol. The van der Waals surface area contributed by atoms with Gasteiger partial charge in [-0.25, -0.2) is 9.07 Å². The minimum atomic E-state index is -0.463. The van der Waals surface area contributed by atoms with E-state index in [0.29, 0.717) is 11.0 Å². The monoisotopic (exact) mass is 441 g/mol. The van der Waals surface area contributed by atoms with Gasteiger partial charge in [0.2, 0.25) is 11.1 Å². The Morgan fingerprint density at radius 1 is 1.29 bits per heavy atom. The van der Waals surface area contributed by atoms with Crippen LogP contribution in [0.5, 0.6) is 5.75 Å². The standard InChI is InChI=1S/C22H24FN5O2S/c1-14(21(29)25-18-11-6-8-15-7-2-3-9-16(15)18)31-22-27-26-20(28(22)24)13-30-19-12-5-4-10-17(19)23/h2-5,7,9-10,12,14,18H,6,8,11,13,24H2,1H3,(H,25,29)/t14-,18-/m1/s1. The molecule has 3 N–H and O–H groups in total. The Kier molecular flexibility index (Phi) is 6.41. The molecule has 0 spiro atoms. The van der Waals surface area contributed by atoms with Crippen molar-refractivity contribution in [1.82, 2.24) is 20.2 Å². The largest absolute Gasteiger partial charge is 0.482 e. The molecule has 1 aromatic heterocycles. The van der Waals surface area contributed by atoms with Gasteiger partial charge in [-0.1, -0.05) is 48.2 Å². The third kappa shape index (κ3) is 4.82. The minimum Gasteiger partial charge on any atom is -0.482 e. The van der Waals surface area contributed by atoms with Gasteiger partial charge >= 0.3 is 0 Å². The van der Waals surface area contributed by atoms with Crippen molar-refractivity contribution in [2.24, 2.45) is 0 Å². The van der Waals surface area contributed by atoms with Gasteiger partial charge in [0, 0.05) is 0 Å². The summed E-state index contributed by atoms with van der Waals surface area (Å²) in [4.78, 5) is 12.8. The summed E-state index contributed by atoms with van der Waals surface area (Å²) in [5, 5.41) is 11.2. The lowest BCUT2D eigenvalue weighted by Crippen LogP contribution is -2.36. The van der Waals surface area contributed by atoms with Crippen LogP contribution in [0.1, 0.15) is 42.8 Å². The van der Waals surface area contributed by atoms with E-state index in [1.54, 1.807) is 19.1 Å². The number of aromatic nitrogens is 3. The molecular formula is C22H24FN5O2S. The van der Waals surface area contributed by atoms with Crippen LogP contribution >= 0.6 is 11.8 Å². The van der Waals surface area contributed by atoms with Gasteiger partial charge in [-0.3, -0.25) is 4.79 Å². The van der Waals surface area contributed by atoms with Crippen molar-refractivity contribution in [1.29, 1.82) is 0 Å². The van der Waals surface area contributed by atoms with Gasteiger partial charge in [-0.15, -0.1) is 10.2 Å². The van der Waals surface area contributed by atoms with E-state index in [4.69, 9.17) is 10.6 Å². The first-order chi connectivity index (χ1) is 15.0. The van der Waals surface area contributed by atoms with Gasteiger partial charge in [0.05, 0.1) is 11.3 Å². The van der Waals surface area contributed by atoms with Gasteiger partial charge in [0.15, 0.2) is 17.4 Å². The molecule has 31 heavy (non-hydrogen) atoms. The Morgan fingerprint density at radius 3 is 2.90 bits per heavy atom. The summed E-state index contributed by atoms with van der Waals surface area (Å²) in [6.07, 6.45) is 3.01. The number of halogens is 1. The lowest BCUT2D eigenvalue weighted by molar-refractivity contribution is -0.121. The Bertz CT molecular complexity index is 1070. The Labute approximate surface area is 184 Å². The summed E-state index contributed by atoms with van der Waals surface area (Å²) in [5.41, 5.74) is 2.48. The molecule has 0 bridgehead atoms. The molecule has 0 saturated heterocycles. The highest BCUT2D eigenvalue weighted by Gasteiger charge is 2.25. The van der Waals surface area contributed by atoms with Crippen LogP contribution < -0.4 is 15.9 Å². The first kappa shape index (κ1) is 21.2. The van der Waals surface area contributed by atoms with Crippen molar-refractivity contribution in [3.8, 4) is 5.75 Å². The lowest BCUT2D eigenvalue weighted by Gasteiger charge is -2.27. The number of nitrogen functional groups attached to an aromatic ring is 1. The average Bonchev–Trinajstić information content (AvgIpc) is 3.12. The predicted octanol–water partition coefficient (Wildman–Crippen LogP) is 3.38. The molecule has 162 valence electrons. The van der Waals surface area contributed by atoms with Crippen LogP contribution in [-0.2, 0) is 17.8 Å². The molecule has 2 atom stereocenters. The van der Waals surface area contributed by atoms with Crippen molar-refractivity contribution in [3.05, 3.63) is 71.3 Å². The zero-order chi connectivity index (χ0) is 21.8. The number of nitrogens with two attached hydrogens (primary N) is 1. The maximum Gasteiger partial charge on any atom is 0.233 e. The normalized spacial score (nSPS) is 16.4. The van der Waals surface area contributed by atoms with Gasteiger partial charge in [0.25, 0.3) is 0 Å². The van der Waals surface area contributed by atoms with Crippen molar-refractivity contribution >= 4 is 17.7 Å². The van der Waals surface area contributed by atoms with Gasteiger partial charge in [-0.2, -0.15) is 0 Å². The number of fused-ring (bicyclic) bond motifs is 1. The van der Waals surface area contributed by atoms with Gasteiger partial charge < -0.3 is 15.9 Å². The Morgan fingerprint density at radius 2 is 2.06 bits per heavy atom. The second kappa shape index (κ2) is 9.38. The van der Waals surface area contributed by atoms with Gasteiger partial charge in [0.1, 0.15) is 6.61 Å². The lowest BCUT2D eigenvalue weighted by atomic mass is 9.88. The zero-order valence-electron chi connectivity index (χ0n) is 17.1. The molecule has 0 fully saturated rings. The molecule has 3 aromatic rings. The van der Waals surface area contributed by atoms with E-state index in [9.17, 15) is 9.18 Å². The molecule has 0 aliphatic heterocycles. The van der Waals surface area contributed by atoms with E-state index in [1.165, 1.54) is 39.7 Å². The fourth-order valence-corrected chi connectivity index (χ4v) is 4.39. The molecule has 1 aliphatic rings. The summed E-state index contributed by atoms with van der Waals surface area (Å²) >= 11 is 1.22. The van der Waals surface area contributed by atoms with Crippen LogP contribution in [-0.4, -0.2) is 26.0 Å². The topological polar surface area (TPSA) is 95.1 Å². The van der Waals surface area contributed by atoms with Gasteiger partial charge in [-0.05, 0) is 49.4 Å². The second-order valence-corrected chi connectivity index (χ2v) is 8.71. The fourth-order valence-electron chi connectivity index (χ4n) is 3.59. The molecule has 4 rings (SSSR count). The number of para-hydroxylation sites is 1. The molecular weight excluding hydrogens is 417 g/mol. The van der Waals surface area contributed by atoms with Crippen LogP contribution in [0.2, 0.25) is 0 Å². The van der Waals surface area contributed by atoms with Crippen LogP contribution in [0, 0.1) is 5.82 Å². The van der Waals surface area contributed by atoms with E-state index in [-0.39, 0.29) is 24.3 Å². The number of rotatable bonds is 7. The van der Waals surface area contributed by atoms with Crippen molar-refractivity contribution in [2.45, 2.75) is 49.2 Å². The summed E-state index contributed by atoms with van der Waals surface area (Å²) in [6, 6.07) is 14.3. The van der Waals surface area contributed by atoms with Crippen molar-refractivity contribution in [2.75, 3.05) is 5.84 Å². The number of carbonyl (C=O) groups is 1. The van der Waals surface area contributed by atoms with Crippen LogP contribution in [0.4, 0.5) is 4.39 Å². The van der Waals surface area contributed by atoms with E-state index in [1.807, 2.05) is 12.1 Å². The number of hydrogen-bond acceptors (Lipinski definition) is 6. The molecule has 7 nitrogen and oxygen atoms in total. The maximum atomic E-state index is 13.7. The highest BCUT2D eigenvalue weighted by molar-refractivity contribution is 8.00. The molecule has 0 unspecified atom stereocenters. The number of carbonyl (C=O) groups excluding carboxylic acids is 1. The van der Waals surface area contributed by atoms with Crippen LogP contribution in [0.3, 0.4) is 0 Å². The molecule has 2 aromatic carbocycles. The number of aryl methyl sites for hydroxylation is 1. The molecule has 1 aliphatic carbocycles. The number of amides is 1. The maximum absolute atomic E-state index is 13.7. The van der Waals surface area contributed by atoms with Crippen molar-refractivity contribution in [3.63, 3.8) is 0 Å². The first-order valence-corrected chi connectivity index (χ1v) is 11.0. The smallest absolute Gasteiger partial charge is 0.233 e. The summed E-state index contributed by atoms with van der Waals surface area (Å²) in [7, 11) is 0. The number of nitrogens with one attached hydrogen (secondary N) is 1. The fraction of sp³-hybridized carbons (Fsp3) is 0.318. The third-order valence-corrected chi connectivity index (χ3v) is 6.32. The highest BCUT2D eigenvalue weighted by Crippen LogP contribution is 2.30. The highest BCUT2D eigenvalue weighted by atomic mass is 32.2. The molecule has 0 saturated carbocycles. The summed E-state index contributed by atoms with van der Waals surface area (Å²) in [5.74, 6) is 5.96. The second-order valence-electron chi connectivity index (χ2n) is 7.40. The number of nitrogens with zero attached hydrogens (tertiary/aromatic N) is 3. The van der Waals surface area contributed by atoms with E-state index in [0.717, 1.165) is 19.3 Å². The zero-order valence-corrected chi connectivity index (χ0v) is 17.9. The van der Waals surface area contributed by atoms with E-state index >= 15 is 0 Å². The number of ether oxygens (including phenoxy) is 1. The number of benzene rings is 2. The third-order valence-electron chi connectivity index (χ3n) is 5.27. The van der Waals surface area contributed by atoms with Crippen LogP contribution in [0.15, 0.2) is 53.7 Å². The Balaban J connectivity index is 1.36. The predicted molar refractivity (Wildman–Crippen MR) is 116 cm³/mol. The first-order valence-electron chi connectivity index (χ1n) is 10.1. The quantitative estimate of drug-likeness (QED) is 0.431. The Hall–Kier alpha value is -3.07. The summed E-state index contributed by atoms with van der Waals surface area (Å²) in [6.45, 7) is 1.77. The number of hydrogen-bond donors (Lipinski definition) is 2. The SMILES string of the molecule is C[C@@H](Sc1nnc(COc2ccccc2F)n1N)C(=O)N[C@@H]1CCCc2ccccc21. The van der Waals surface area contributed by atoms with E-state index in [2.05, 4.69) is 27.6 Å².